The molecule has 1 atom stereocenters. The van der Waals surface area contributed by atoms with E-state index in [4.69, 9.17) is 9.84 Å². The number of amides is 1. The Morgan fingerprint density at radius 2 is 2.33 bits per heavy atom. The van der Waals surface area contributed by atoms with Gasteiger partial charge in [0, 0.05) is 29.8 Å². The van der Waals surface area contributed by atoms with Gasteiger partial charge in [-0.05, 0) is 18.2 Å². The Hall–Kier alpha value is -1.85. The van der Waals surface area contributed by atoms with Crippen molar-refractivity contribution in [3.63, 3.8) is 0 Å². The maximum Gasteiger partial charge on any atom is 0.252 e. The second-order valence-corrected chi connectivity index (χ2v) is 4.05. The monoisotopic (exact) mass is 248 g/mol. The number of ether oxygens (including phenoxy) is 1. The molecule has 0 aliphatic rings. The van der Waals surface area contributed by atoms with Crippen LogP contribution in [-0.2, 0) is 4.74 Å². The van der Waals surface area contributed by atoms with Crippen molar-refractivity contribution in [2.75, 3.05) is 20.3 Å². The van der Waals surface area contributed by atoms with Crippen LogP contribution in [0.1, 0.15) is 10.4 Å². The number of methoxy groups -OCH3 is 1. The SMILES string of the molecule is COCC(CO)NC(=O)c1cccc2[nH]ccc12. The lowest BCUT2D eigenvalue weighted by Gasteiger charge is -2.15. The lowest BCUT2D eigenvalue weighted by Crippen LogP contribution is -2.40. The number of aliphatic hydroxyl groups is 1. The van der Waals surface area contributed by atoms with Gasteiger partial charge in [0.15, 0.2) is 0 Å². The van der Waals surface area contributed by atoms with Crippen LogP contribution >= 0.6 is 0 Å². The Kier molecular flexibility index (Phi) is 3.96. The molecular formula is C13H16N2O3. The van der Waals surface area contributed by atoms with E-state index < -0.39 is 6.04 Å². The molecule has 2 aromatic rings. The lowest BCUT2D eigenvalue weighted by atomic mass is 10.1. The van der Waals surface area contributed by atoms with Gasteiger partial charge < -0.3 is 20.1 Å². The van der Waals surface area contributed by atoms with Crippen molar-refractivity contribution in [2.24, 2.45) is 0 Å². The summed E-state index contributed by atoms with van der Waals surface area (Å²) in [5.41, 5.74) is 1.50. The Labute approximate surface area is 105 Å². The summed E-state index contributed by atoms with van der Waals surface area (Å²) in [7, 11) is 1.53. The van der Waals surface area contributed by atoms with E-state index in [-0.39, 0.29) is 19.1 Å². The predicted octanol–water partition coefficient (Wildman–Crippen LogP) is 0.905. The normalized spacial score (nSPS) is 12.6. The molecule has 1 aromatic heterocycles. The van der Waals surface area contributed by atoms with Crippen LogP contribution < -0.4 is 5.32 Å². The number of aromatic nitrogens is 1. The van der Waals surface area contributed by atoms with Gasteiger partial charge in [-0.15, -0.1) is 0 Å². The molecule has 1 aromatic carbocycles. The van der Waals surface area contributed by atoms with Gasteiger partial charge in [0.05, 0.1) is 19.3 Å². The topological polar surface area (TPSA) is 74.3 Å². The van der Waals surface area contributed by atoms with E-state index in [1.807, 2.05) is 18.2 Å². The molecule has 0 saturated carbocycles. The zero-order valence-electron chi connectivity index (χ0n) is 10.1. The number of aliphatic hydroxyl groups excluding tert-OH is 1. The van der Waals surface area contributed by atoms with E-state index in [2.05, 4.69) is 10.3 Å². The van der Waals surface area contributed by atoms with E-state index in [9.17, 15) is 4.79 Å². The van der Waals surface area contributed by atoms with Crippen molar-refractivity contribution in [3.8, 4) is 0 Å². The first-order chi connectivity index (χ1) is 8.76. The molecule has 1 unspecified atom stereocenters. The van der Waals surface area contributed by atoms with Crippen molar-refractivity contribution in [1.29, 1.82) is 0 Å². The first kappa shape index (κ1) is 12.6. The van der Waals surface area contributed by atoms with Gasteiger partial charge in [0.25, 0.3) is 5.91 Å². The minimum absolute atomic E-state index is 0.150. The van der Waals surface area contributed by atoms with Crippen LogP contribution in [0.5, 0.6) is 0 Å². The number of hydrogen-bond acceptors (Lipinski definition) is 3. The van der Waals surface area contributed by atoms with Crippen LogP contribution in [0.2, 0.25) is 0 Å². The molecule has 0 spiro atoms. The van der Waals surface area contributed by atoms with Crippen molar-refractivity contribution < 1.29 is 14.6 Å². The first-order valence-electron chi connectivity index (χ1n) is 5.73. The van der Waals surface area contributed by atoms with E-state index in [1.54, 1.807) is 12.3 Å². The third kappa shape index (κ3) is 2.52. The quantitative estimate of drug-likeness (QED) is 0.736. The number of H-pyrrole nitrogens is 1. The minimum Gasteiger partial charge on any atom is -0.394 e. The predicted molar refractivity (Wildman–Crippen MR) is 68.5 cm³/mol. The zero-order chi connectivity index (χ0) is 13.0. The summed E-state index contributed by atoms with van der Waals surface area (Å²) < 4.78 is 4.92. The molecule has 5 nitrogen and oxygen atoms in total. The van der Waals surface area contributed by atoms with Crippen LogP contribution in [0, 0.1) is 0 Å². The molecule has 96 valence electrons. The highest BCUT2D eigenvalue weighted by atomic mass is 16.5. The molecule has 2 rings (SSSR count). The Morgan fingerprint density at radius 1 is 1.50 bits per heavy atom. The van der Waals surface area contributed by atoms with Crippen molar-refractivity contribution in [3.05, 3.63) is 36.0 Å². The second kappa shape index (κ2) is 5.66. The number of carbonyl (C=O) groups excluding carboxylic acids is 1. The van der Waals surface area contributed by atoms with Crippen LogP contribution in [0.3, 0.4) is 0 Å². The van der Waals surface area contributed by atoms with E-state index in [0.717, 1.165) is 10.9 Å². The fourth-order valence-corrected chi connectivity index (χ4v) is 1.89. The summed E-state index contributed by atoms with van der Waals surface area (Å²) in [6.45, 7) is 0.133. The maximum atomic E-state index is 12.1. The molecule has 5 heteroatoms. The average molecular weight is 248 g/mol. The number of hydrogen-bond donors (Lipinski definition) is 3. The number of fused-ring (bicyclic) bond motifs is 1. The molecular weight excluding hydrogens is 232 g/mol. The average Bonchev–Trinajstić information content (AvgIpc) is 2.85. The molecule has 0 radical (unpaired) electrons. The van der Waals surface area contributed by atoms with Gasteiger partial charge >= 0.3 is 0 Å². The maximum absolute atomic E-state index is 12.1. The first-order valence-corrected chi connectivity index (χ1v) is 5.73. The van der Waals surface area contributed by atoms with Gasteiger partial charge in [-0.2, -0.15) is 0 Å². The molecule has 0 bridgehead atoms. The Bertz CT molecular complexity index is 536. The van der Waals surface area contributed by atoms with E-state index in [1.165, 1.54) is 7.11 Å². The van der Waals surface area contributed by atoms with Gasteiger partial charge in [0.1, 0.15) is 0 Å². The van der Waals surface area contributed by atoms with Crippen LogP contribution in [0.4, 0.5) is 0 Å². The van der Waals surface area contributed by atoms with E-state index >= 15 is 0 Å². The van der Waals surface area contributed by atoms with Crippen LogP contribution in [-0.4, -0.2) is 42.4 Å². The number of benzene rings is 1. The molecule has 0 aliphatic heterocycles. The zero-order valence-corrected chi connectivity index (χ0v) is 10.1. The Morgan fingerprint density at radius 3 is 3.06 bits per heavy atom. The van der Waals surface area contributed by atoms with Gasteiger partial charge in [-0.1, -0.05) is 6.07 Å². The third-order valence-electron chi connectivity index (χ3n) is 2.76. The molecule has 0 saturated heterocycles. The molecule has 3 N–H and O–H groups in total. The highest BCUT2D eigenvalue weighted by Crippen LogP contribution is 2.17. The number of carbonyl (C=O) groups is 1. The fourth-order valence-electron chi connectivity index (χ4n) is 1.89. The minimum atomic E-state index is -0.392. The number of aromatic amines is 1. The van der Waals surface area contributed by atoms with Gasteiger partial charge in [-0.25, -0.2) is 0 Å². The molecule has 0 aliphatic carbocycles. The standard InChI is InChI=1S/C13H16N2O3/c1-18-8-9(7-16)15-13(17)11-3-2-4-12-10(11)5-6-14-12/h2-6,9,14,16H,7-8H2,1H3,(H,15,17). The van der Waals surface area contributed by atoms with Gasteiger partial charge in [-0.3, -0.25) is 4.79 Å². The highest BCUT2D eigenvalue weighted by molar-refractivity contribution is 6.06. The van der Waals surface area contributed by atoms with Crippen molar-refractivity contribution in [2.45, 2.75) is 6.04 Å². The van der Waals surface area contributed by atoms with Crippen molar-refractivity contribution >= 4 is 16.8 Å². The molecule has 1 heterocycles. The second-order valence-electron chi connectivity index (χ2n) is 4.05. The number of rotatable bonds is 5. The number of nitrogens with one attached hydrogen (secondary N) is 2. The van der Waals surface area contributed by atoms with Gasteiger partial charge in [0.2, 0.25) is 0 Å². The molecule has 0 fully saturated rings. The van der Waals surface area contributed by atoms with E-state index in [0.29, 0.717) is 5.56 Å². The molecule has 18 heavy (non-hydrogen) atoms. The Balaban J connectivity index is 2.20. The summed E-state index contributed by atoms with van der Waals surface area (Å²) in [6.07, 6.45) is 1.79. The lowest BCUT2D eigenvalue weighted by molar-refractivity contribution is 0.0841. The van der Waals surface area contributed by atoms with Crippen LogP contribution in [0.15, 0.2) is 30.5 Å². The summed E-state index contributed by atoms with van der Waals surface area (Å²) in [5.74, 6) is -0.212. The summed E-state index contributed by atoms with van der Waals surface area (Å²) in [4.78, 5) is 15.2. The van der Waals surface area contributed by atoms with Crippen molar-refractivity contribution in [1.82, 2.24) is 10.3 Å². The summed E-state index contributed by atoms with van der Waals surface area (Å²) >= 11 is 0. The fraction of sp³-hybridized carbons (Fsp3) is 0.308. The summed E-state index contributed by atoms with van der Waals surface area (Å²) in [6, 6.07) is 6.95. The molecule has 1 amide bonds. The highest BCUT2D eigenvalue weighted by Gasteiger charge is 2.15. The smallest absolute Gasteiger partial charge is 0.252 e. The third-order valence-corrected chi connectivity index (χ3v) is 2.76. The largest absolute Gasteiger partial charge is 0.394 e. The van der Waals surface area contributed by atoms with Crippen LogP contribution in [0.25, 0.3) is 10.9 Å². The summed E-state index contributed by atoms with van der Waals surface area (Å²) in [5, 5.41) is 12.7.